The Balaban J connectivity index is 0.777. The number of aliphatic hydroxyl groups excluding tert-OH is 2. The molecule has 2 aromatic heterocycles. The minimum atomic E-state index is -0.944. The summed E-state index contributed by atoms with van der Waals surface area (Å²) in [5, 5.41) is 37.4. The van der Waals surface area contributed by atoms with Gasteiger partial charge in [0.15, 0.2) is 0 Å². The number of aliphatic hydroxyl groups is 2. The topological polar surface area (TPSA) is 185 Å². The molecule has 2 amide bonds. The lowest BCUT2D eigenvalue weighted by Gasteiger charge is -2.47. The minimum absolute atomic E-state index is 0.0863. The molecule has 386 valence electrons. The molecule has 72 heavy (non-hydrogen) atoms. The second-order valence-electron chi connectivity index (χ2n) is 22.6. The molecule has 6 heterocycles. The molecule has 14 nitrogen and oxygen atoms in total. The fraction of sp³-hybridized carbons (Fsp3) is 0.586. The maximum atomic E-state index is 13.8. The number of carbonyl (C=O) groups excluding carboxylic acids is 2. The number of amides is 2. The van der Waals surface area contributed by atoms with Gasteiger partial charge >= 0.3 is 0 Å². The summed E-state index contributed by atoms with van der Waals surface area (Å²) in [7, 11) is 0. The van der Waals surface area contributed by atoms with Crippen molar-refractivity contribution in [1.29, 1.82) is 0 Å². The Labute approximate surface area is 425 Å². The number of nitrogens with one attached hydrogen (secondary N) is 4. The highest BCUT2D eigenvalue weighted by Crippen LogP contribution is 2.50. The molecule has 2 spiro atoms. The molecule has 2 saturated heterocycles. The van der Waals surface area contributed by atoms with E-state index < -0.39 is 24.3 Å². The van der Waals surface area contributed by atoms with Crippen LogP contribution in [0.1, 0.15) is 149 Å². The summed E-state index contributed by atoms with van der Waals surface area (Å²) in [6.45, 7) is 6.34. The zero-order valence-electron chi connectivity index (χ0n) is 42.3. The van der Waals surface area contributed by atoms with Gasteiger partial charge < -0.3 is 50.4 Å². The number of ether oxygens (including phenoxy) is 4. The number of fused-ring (bicyclic) bond motifs is 2. The van der Waals surface area contributed by atoms with Gasteiger partial charge in [-0.2, -0.15) is 0 Å². The van der Waals surface area contributed by atoms with Gasteiger partial charge in [0, 0.05) is 100 Å². The number of hydrogen-bond donors (Lipinski definition) is 6. The maximum absolute atomic E-state index is 13.8. The van der Waals surface area contributed by atoms with Crippen molar-refractivity contribution in [2.75, 3.05) is 26.3 Å². The molecule has 8 atom stereocenters. The average Bonchev–Trinajstić information content (AvgIpc) is 4.00. The van der Waals surface area contributed by atoms with E-state index >= 15 is 0 Å². The van der Waals surface area contributed by atoms with E-state index in [1.165, 1.54) is 0 Å². The highest BCUT2D eigenvalue weighted by Gasteiger charge is 2.48. The number of hydrogen-bond acceptors (Lipinski definition) is 12. The molecule has 6 aliphatic rings. The highest BCUT2D eigenvalue weighted by molar-refractivity contribution is 5.84. The van der Waals surface area contributed by atoms with Crippen molar-refractivity contribution in [3.63, 3.8) is 0 Å². The van der Waals surface area contributed by atoms with Gasteiger partial charge in [0.1, 0.15) is 11.2 Å². The van der Waals surface area contributed by atoms with Crippen LogP contribution < -0.4 is 30.7 Å². The standard InChI is InChI=1S/C58H76N6O8/c1-55(19-11-25-69-55)31-41-27-43-47(33-57(21-9-22-57)71-53(43)61-35-41)59-37-49(65)45(29-39-13-5-3-6-14-39)63-51(67)17-18-52(68)64-46(30-40-15-7-4-8-16-40)50(66)38-60-48-34-58(23-10-24-58)72-54-44(48)28-42(36-62-54)32-56(2)20-12-26-70-56/h3-8,13-16,27-28,35-36,45-50,59-60,65-66H,9-12,17-26,29-34,37-38H2,1-2H3,(H,63,67)(H,64,68)/t45-,46-,47-,48-,49-,50-,55-,56+/m0/s1. The third-order valence-corrected chi connectivity index (χ3v) is 16.6. The first kappa shape index (κ1) is 50.6. The average molecular weight is 985 g/mol. The lowest BCUT2D eigenvalue weighted by molar-refractivity contribution is -0.128. The van der Waals surface area contributed by atoms with E-state index in [4.69, 9.17) is 28.9 Å². The van der Waals surface area contributed by atoms with E-state index in [0.717, 1.165) is 136 Å². The third kappa shape index (κ3) is 12.2. The molecule has 4 aromatic rings. The summed E-state index contributed by atoms with van der Waals surface area (Å²) in [6, 6.07) is 22.6. The first-order valence-corrected chi connectivity index (χ1v) is 27.0. The Hall–Kier alpha value is -4.96. The van der Waals surface area contributed by atoms with Gasteiger partial charge in [-0.3, -0.25) is 9.59 Å². The minimum Gasteiger partial charge on any atom is -0.471 e. The van der Waals surface area contributed by atoms with Crippen LogP contribution in [0.5, 0.6) is 11.8 Å². The van der Waals surface area contributed by atoms with Crippen LogP contribution in [-0.4, -0.2) is 105 Å². The Morgan fingerprint density at radius 1 is 0.597 bits per heavy atom. The van der Waals surface area contributed by atoms with E-state index in [1.807, 2.05) is 73.1 Å². The molecule has 10 rings (SSSR count). The fourth-order valence-corrected chi connectivity index (χ4v) is 12.2. The zero-order chi connectivity index (χ0) is 49.8. The summed E-state index contributed by atoms with van der Waals surface area (Å²) in [6.07, 6.45) is 15.9. The van der Waals surface area contributed by atoms with Crippen molar-refractivity contribution in [3.8, 4) is 11.8 Å². The van der Waals surface area contributed by atoms with Gasteiger partial charge in [-0.25, -0.2) is 9.97 Å². The van der Waals surface area contributed by atoms with Crippen LogP contribution in [0.4, 0.5) is 0 Å². The van der Waals surface area contributed by atoms with Crippen LogP contribution in [0, 0.1) is 0 Å². The van der Waals surface area contributed by atoms with Gasteiger partial charge in [0.05, 0.1) is 35.5 Å². The van der Waals surface area contributed by atoms with Crippen molar-refractivity contribution in [2.24, 2.45) is 0 Å². The van der Waals surface area contributed by atoms with Crippen LogP contribution in [-0.2, 0) is 44.7 Å². The predicted octanol–water partition coefficient (Wildman–Crippen LogP) is 7.03. The first-order valence-electron chi connectivity index (χ1n) is 27.0. The lowest BCUT2D eigenvalue weighted by Crippen LogP contribution is -2.53. The van der Waals surface area contributed by atoms with E-state index in [-0.39, 0.29) is 72.2 Å². The molecule has 0 bridgehead atoms. The monoisotopic (exact) mass is 985 g/mol. The van der Waals surface area contributed by atoms with Crippen molar-refractivity contribution in [3.05, 3.63) is 119 Å². The van der Waals surface area contributed by atoms with E-state index in [1.54, 1.807) is 0 Å². The Morgan fingerprint density at radius 2 is 1.01 bits per heavy atom. The Kier molecular flexibility index (Phi) is 15.4. The second-order valence-corrected chi connectivity index (χ2v) is 22.6. The zero-order valence-corrected chi connectivity index (χ0v) is 42.3. The van der Waals surface area contributed by atoms with Crippen LogP contribution >= 0.6 is 0 Å². The molecule has 2 aliphatic carbocycles. The lowest BCUT2D eigenvalue weighted by atomic mass is 9.73. The van der Waals surface area contributed by atoms with E-state index in [2.05, 4.69) is 47.2 Å². The third-order valence-electron chi connectivity index (χ3n) is 16.6. The number of nitrogens with zero attached hydrogens (tertiary/aromatic N) is 2. The number of pyridine rings is 2. The maximum Gasteiger partial charge on any atom is 0.220 e. The molecule has 6 N–H and O–H groups in total. The molecule has 4 aliphatic heterocycles. The summed E-state index contributed by atoms with van der Waals surface area (Å²) >= 11 is 0. The smallest absolute Gasteiger partial charge is 0.220 e. The highest BCUT2D eigenvalue weighted by atomic mass is 16.5. The van der Waals surface area contributed by atoms with Gasteiger partial charge in [-0.1, -0.05) is 60.7 Å². The van der Waals surface area contributed by atoms with Gasteiger partial charge in [0.2, 0.25) is 23.6 Å². The molecule has 2 aromatic carbocycles. The quantitative estimate of drug-likeness (QED) is 0.0502. The fourth-order valence-electron chi connectivity index (χ4n) is 12.2. The second kappa shape index (κ2) is 21.9. The predicted molar refractivity (Wildman–Crippen MR) is 274 cm³/mol. The summed E-state index contributed by atoms with van der Waals surface area (Å²) in [4.78, 5) is 37.3. The molecular weight excluding hydrogens is 909 g/mol. The molecular formula is C58H76N6O8. The largest absolute Gasteiger partial charge is 0.471 e. The number of carbonyl (C=O) groups is 2. The number of benzene rings is 2. The molecule has 4 fully saturated rings. The van der Waals surface area contributed by atoms with E-state index in [0.29, 0.717) is 24.6 Å². The van der Waals surface area contributed by atoms with Crippen LogP contribution in [0.25, 0.3) is 0 Å². The van der Waals surface area contributed by atoms with Gasteiger partial charge in [0.25, 0.3) is 0 Å². The molecule has 0 unspecified atom stereocenters. The number of rotatable bonds is 21. The van der Waals surface area contributed by atoms with Crippen molar-refractivity contribution in [1.82, 2.24) is 31.2 Å². The normalized spacial score (nSPS) is 26.2. The molecule has 0 radical (unpaired) electrons. The van der Waals surface area contributed by atoms with Crippen LogP contribution in [0.3, 0.4) is 0 Å². The number of aromatic nitrogens is 2. The SMILES string of the molecule is C[C@@]1(Cc2cnc3c(c2)[C@@H](NC[C@H](O)[C@H](Cc2ccccc2)NC(=O)CCC(=O)N[C@@H](Cc2ccccc2)[C@@H](O)CN[C@H]2CC4(CCC4)Oc4ncc(C[C@@]5(C)CCCO5)cc42)CC2(CCC2)O3)CCCO1. The van der Waals surface area contributed by atoms with Crippen LogP contribution in [0.2, 0.25) is 0 Å². The van der Waals surface area contributed by atoms with Crippen molar-refractivity contribution >= 4 is 11.8 Å². The van der Waals surface area contributed by atoms with Crippen LogP contribution in [0.15, 0.2) is 85.2 Å². The summed E-state index contributed by atoms with van der Waals surface area (Å²) in [5.74, 6) is 0.625. The van der Waals surface area contributed by atoms with Gasteiger partial charge in [-0.05, 0) is 125 Å². The van der Waals surface area contributed by atoms with Crippen molar-refractivity contribution < 1.29 is 38.7 Å². The van der Waals surface area contributed by atoms with Gasteiger partial charge in [-0.15, -0.1) is 0 Å². The first-order chi connectivity index (χ1) is 34.8. The molecule has 2 saturated carbocycles. The Bertz CT molecular complexity index is 2300. The summed E-state index contributed by atoms with van der Waals surface area (Å²) in [5.41, 5.74) is 5.17. The van der Waals surface area contributed by atoms with Crippen molar-refractivity contribution in [2.45, 2.75) is 188 Å². The summed E-state index contributed by atoms with van der Waals surface area (Å²) < 4.78 is 25.4. The Morgan fingerprint density at radius 3 is 1.38 bits per heavy atom. The molecule has 14 heteroatoms. The van der Waals surface area contributed by atoms with E-state index in [9.17, 15) is 19.8 Å².